The molecule has 1 saturated heterocycles. The zero-order valence-electron chi connectivity index (χ0n) is 19.1. The lowest BCUT2D eigenvalue weighted by Crippen LogP contribution is -2.41. The van der Waals surface area contributed by atoms with Crippen molar-refractivity contribution >= 4 is 16.8 Å². The fraction of sp³-hybridized carbons (Fsp3) is 0.423. The van der Waals surface area contributed by atoms with Crippen molar-refractivity contribution in [2.24, 2.45) is 0 Å². The first-order valence-electron chi connectivity index (χ1n) is 11.5. The summed E-state index contributed by atoms with van der Waals surface area (Å²) in [7, 11) is 0. The molecule has 2 heterocycles. The van der Waals surface area contributed by atoms with Crippen LogP contribution < -0.4 is 4.74 Å². The second-order valence-corrected chi connectivity index (χ2v) is 8.79. The van der Waals surface area contributed by atoms with E-state index in [0.29, 0.717) is 23.8 Å². The van der Waals surface area contributed by atoms with Crippen LogP contribution in [0.5, 0.6) is 5.75 Å². The molecule has 32 heavy (non-hydrogen) atoms. The smallest absolute Gasteiger partial charge is 0.270 e. The van der Waals surface area contributed by atoms with Gasteiger partial charge in [0.1, 0.15) is 23.4 Å². The molecule has 1 amide bonds. The zero-order chi connectivity index (χ0) is 22.7. The van der Waals surface area contributed by atoms with Gasteiger partial charge in [-0.1, -0.05) is 18.2 Å². The van der Waals surface area contributed by atoms with E-state index in [0.717, 1.165) is 42.6 Å². The molecule has 1 aliphatic heterocycles. The molecule has 2 aromatic carbocycles. The quantitative estimate of drug-likeness (QED) is 0.551. The second-order valence-electron chi connectivity index (χ2n) is 8.79. The largest absolute Gasteiger partial charge is 0.490 e. The number of hydrogen-bond donors (Lipinski definition) is 1. The first kappa shape index (κ1) is 22.3. The van der Waals surface area contributed by atoms with Crippen LogP contribution >= 0.6 is 0 Å². The minimum absolute atomic E-state index is 0.143. The Morgan fingerprint density at radius 2 is 1.94 bits per heavy atom. The van der Waals surface area contributed by atoms with Gasteiger partial charge >= 0.3 is 0 Å². The normalized spacial score (nSPS) is 15.4. The third-order valence-corrected chi connectivity index (χ3v) is 6.32. The molecule has 6 heteroatoms. The highest BCUT2D eigenvalue weighted by molar-refractivity contribution is 5.98. The summed E-state index contributed by atoms with van der Waals surface area (Å²) in [4.78, 5) is 20.4. The lowest BCUT2D eigenvalue weighted by Gasteiger charge is -2.34. The summed E-state index contributed by atoms with van der Waals surface area (Å²) in [6, 6.07) is 14.9. The van der Waals surface area contributed by atoms with Crippen molar-refractivity contribution in [2.45, 2.75) is 52.3 Å². The van der Waals surface area contributed by atoms with Gasteiger partial charge in [0, 0.05) is 48.7 Å². The van der Waals surface area contributed by atoms with Gasteiger partial charge in [0.15, 0.2) is 0 Å². The van der Waals surface area contributed by atoms with Crippen molar-refractivity contribution in [3.05, 3.63) is 65.6 Å². The minimum Gasteiger partial charge on any atom is -0.490 e. The van der Waals surface area contributed by atoms with Gasteiger partial charge in [-0.25, -0.2) is 4.39 Å². The molecule has 4 rings (SSSR count). The number of hydrogen-bond acceptors (Lipinski definition) is 3. The Hall–Kier alpha value is -2.86. The maximum Gasteiger partial charge on any atom is 0.270 e. The van der Waals surface area contributed by atoms with Crippen molar-refractivity contribution in [3.63, 3.8) is 0 Å². The Morgan fingerprint density at radius 1 is 1.19 bits per heavy atom. The number of benzene rings is 2. The van der Waals surface area contributed by atoms with Crippen molar-refractivity contribution in [1.82, 2.24) is 14.8 Å². The van der Waals surface area contributed by atoms with Gasteiger partial charge in [0.05, 0.1) is 0 Å². The van der Waals surface area contributed by atoms with Gasteiger partial charge in [-0.15, -0.1) is 0 Å². The first-order valence-corrected chi connectivity index (χ1v) is 11.5. The van der Waals surface area contributed by atoms with E-state index in [1.165, 1.54) is 6.07 Å². The molecule has 5 nitrogen and oxygen atoms in total. The maximum atomic E-state index is 14.1. The highest BCUT2D eigenvalue weighted by Crippen LogP contribution is 2.26. The molecule has 0 spiro atoms. The maximum absolute atomic E-state index is 14.1. The van der Waals surface area contributed by atoms with Gasteiger partial charge in [0.2, 0.25) is 0 Å². The number of likely N-dealkylation sites (tertiary alicyclic amines) is 1. The monoisotopic (exact) mass is 437 g/mol. The van der Waals surface area contributed by atoms with Gasteiger partial charge in [0.25, 0.3) is 5.91 Å². The van der Waals surface area contributed by atoms with Crippen LogP contribution in [0.2, 0.25) is 0 Å². The number of carbonyl (C=O) groups excluding carboxylic acids is 1. The van der Waals surface area contributed by atoms with Crippen molar-refractivity contribution < 1.29 is 13.9 Å². The van der Waals surface area contributed by atoms with Crippen molar-refractivity contribution in [1.29, 1.82) is 0 Å². The predicted molar refractivity (Wildman–Crippen MR) is 125 cm³/mol. The fourth-order valence-corrected chi connectivity index (χ4v) is 4.33. The first-order chi connectivity index (χ1) is 15.4. The zero-order valence-corrected chi connectivity index (χ0v) is 19.1. The molecule has 0 bridgehead atoms. The average Bonchev–Trinajstić information content (AvgIpc) is 3.22. The molecule has 170 valence electrons. The third kappa shape index (κ3) is 4.96. The van der Waals surface area contributed by atoms with E-state index in [-0.39, 0.29) is 24.4 Å². The van der Waals surface area contributed by atoms with Crippen LogP contribution in [0.3, 0.4) is 0 Å². The number of nitrogens with one attached hydrogen (secondary N) is 1. The molecule has 1 aliphatic rings. The molecule has 0 atom stereocenters. The van der Waals surface area contributed by atoms with Crippen LogP contribution in [0.4, 0.5) is 4.39 Å². The number of H-pyrrole nitrogens is 1. The molecule has 1 N–H and O–H groups in total. The number of aromatic amines is 1. The van der Waals surface area contributed by atoms with Gasteiger partial charge in [-0.3, -0.25) is 4.79 Å². The van der Waals surface area contributed by atoms with Gasteiger partial charge in [-0.2, -0.15) is 0 Å². The summed E-state index contributed by atoms with van der Waals surface area (Å²) in [5, 5.41) is 0.937. The molecular formula is C26H32FN3O2. The van der Waals surface area contributed by atoms with Crippen LogP contribution in [0.25, 0.3) is 10.9 Å². The molecule has 0 aliphatic carbocycles. The molecule has 1 fully saturated rings. The summed E-state index contributed by atoms with van der Waals surface area (Å²) in [5.74, 6) is 0.393. The number of piperidine rings is 1. The van der Waals surface area contributed by atoms with Crippen LogP contribution in [0, 0.1) is 5.82 Å². The topological polar surface area (TPSA) is 48.6 Å². The van der Waals surface area contributed by atoms with E-state index in [2.05, 4.69) is 23.7 Å². The van der Waals surface area contributed by atoms with E-state index in [9.17, 15) is 9.18 Å². The number of aromatic nitrogens is 1. The standard InChI is InChI=1S/C26H32FN3O2/c1-4-29(17-19-7-5-6-8-23(19)27)26(31)25-16-20-15-22(9-10-24(20)28-25)32-21-11-13-30(14-12-21)18(2)3/h5-10,15-16,18,21,28H,4,11-14,17H2,1-3H3. The van der Waals surface area contributed by atoms with Crippen LogP contribution in [0.1, 0.15) is 49.7 Å². The fourth-order valence-electron chi connectivity index (χ4n) is 4.33. The molecule has 0 saturated carbocycles. The highest BCUT2D eigenvalue weighted by Gasteiger charge is 2.22. The molecule has 0 radical (unpaired) electrons. The van der Waals surface area contributed by atoms with Crippen LogP contribution in [-0.2, 0) is 6.54 Å². The Kier molecular flexibility index (Phi) is 6.80. The second kappa shape index (κ2) is 9.74. The summed E-state index contributed by atoms with van der Waals surface area (Å²) < 4.78 is 20.3. The summed E-state index contributed by atoms with van der Waals surface area (Å²) >= 11 is 0. The summed E-state index contributed by atoms with van der Waals surface area (Å²) in [5.41, 5.74) is 1.90. The summed E-state index contributed by atoms with van der Waals surface area (Å²) in [6.45, 7) is 9.21. The van der Waals surface area contributed by atoms with Gasteiger partial charge < -0.3 is 19.5 Å². The molecule has 1 aromatic heterocycles. The Morgan fingerprint density at radius 3 is 2.62 bits per heavy atom. The van der Waals surface area contributed by atoms with E-state index in [1.54, 1.807) is 23.1 Å². The third-order valence-electron chi connectivity index (χ3n) is 6.32. The lowest BCUT2D eigenvalue weighted by atomic mass is 10.1. The van der Waals surface area contributed by atoms with Crippen molar-refractivity contribution in [3.8, 4) is 5.75 Å². The van der Waals surface area contributed by atoms with E-state index in [4.69, 9.17) is 4.74 Å². The summed E-state index contributed by atoms with van der Waals surface area (Å²) in [6.07, 6.45) is 2.27. The highest BCUT2D eigenvalue weighted by atomic mass is 19.1. The Balaban J connectivity index is 1.45. The average molecular weight is 438 g/mol. The number of halogens is 1. The number of nitrogens with zero attached hydrogens (tertiary/aromatic N) is 2. The lowest BCUT2D eigenvalue weighted by molar-refractivity contribution is 0.0746. The number of carbonyl (C=O) groups is 1. The number of amides is 1. The minimum atomic E-state index is -0.295. The van der Waals surface area contributed by atoms with E-state index >= 15 is 0 Å². The van der Waals surface area contributed by atoms with E-state index in [1.807, 2.05) is 31.2 Å². The van der Waals surface area contributed by atoms with Crippen molar-refractivity contribution in [2.75, 3.05) is 19.6 Å². The Labute approximate surface area is 189 Å². The number of rotatable bonds is 7. The van der Waals surface area contributed by atoms with Crippen LogP contribution in [0.15, 0.2) is 48.5 Å². The number of ether oxygens (including phenoxy) is 1. The molecular weight excluding hydrogens is 405 g/mol. The van der Waals surface area contributed by atoms with E-state index < -0.39 is 0 Å². The molecule has 0 unspecified atom stereocenters. The predicted octanol–water partition coefficient (Wildman–Crippen LogP) is 5.22. The van der Waals surface area contributed by atoms with Gasteiger partial charge in [-0.05, 0) is 63.9 Å². The molecule has 3 aromatic rings. The SMILES string of the molecule is CCN(Cc1ccccc1F)C(=O)c1cc2cc(OC3CCN(C(C)C)CC3)ccc2[nH]1. The number of fused-ring (bicyclic) bond motifs is 1. The van der Waals surface area contributed by atoms with Crippen LogP contribution in [-0.4, -0.2) is 52.5 Å². The Bertz CT molecular complexity index is 1070.